The minimum Gasteiger partial charge on any atom is -0.493 e. The van der Waals surface area contributed by atoms with Crippen molar-refractivity contribution in [1.29, 1.82) is 0 Å². The van der Waals surface area contributed by atoms with Gasteiger partial charge >= 0.3 is 0 Å². The van der Waals surface area contributed by atoms with Crippen molar-refractivity contribution in [2.75, 3.05) is 14.2 Å². The molecule has 30 heavy (non-hydrogen) atoms. The first-order valence-electron chi connectivity index (χ1n) is 9.45. The molecule has 0 amide bonds. The molecule has 4 rings (SSSR count). The Morgan fingerprint density at radius 2 is 1.73 bits per heavy atom. The molecule has 0 bridgehead atoms. The molecule has 0 N–H and O–H groups in total. The van der Waals surface area contributed by atoms with Crippen molar-refractivity contribution in [3.63, 3.8) is 0 Å². The lowest BCUT2D eigenvalue weighted by Crippen LogP contribution is -2.27. The molecule has 0 aromatic heterocycles. The molecule has 5 nitrogen and oxygen atoms in total. The van der Waals surface area contributed by atoms with Gasteiger partial charge in [0.25, 0.3) is 0 Å². The number of ether oxygens (including phenoxy) is 2. The smallest absolute Gasteiger partial charge is 0.215 e. The van der Waals surface area contributed by atoms with E-state index in [0.29, 0.717) is 29.6 Å². The molecule has 0 aliphatic carbocycles. The quantitative estimate of drug-likeness (QED) is 0.537. The highest BCUT2D eigenvalue weighted by molar-refractivity contribution is 7.44. The van der Waals surface area contributed by atoms with Crippen LogP contribution >= 0.6 is 11.6 Å². The molecule has 0 atom stereocenters. The van der Waals surface area contributed by atoms with Gasteiger partial charge in [-0.2, -0.15) is 0 Å². The highest BCUT2D eigenvalue weighted by atomic mass is 35.5. The molecule has 152 valence electrons. The van der Waals surface area contributed by atoms with Crippen LogP contribution in [0.25, 0.3) is 0 Å². The number of hydrogen-bond acceptors (Lipinski definition) is 4. The SMILES string of the molecule is COc1ccc(CN2N=C(c3ccc(Cl)cc3)c3ccccc3C[N+]2=S)cc1OC. The van der Waals surface area contributed by atoms with Gasteiger partial charge in [0.1, 0.15) is 6.54 Å². The summed E-state index contributed by atoms with van der Waals surface area (Å²) in [5.74, 6) is 1.36. The molecule has 0 radical (unpaired) electrons. The van der Waals surface area contributed by atoms with E-state index in [1.807, 2.05) is 54.6 Å². The van der Waals surface area contributed by atoms with Crippen LogP contribution in [0.2, 0.25) is 5.02 Å². The zero-order valence-electron chi connectivity index (χ0n) is 16.7. The first kappa shape index (κ1) is 20.3. The Balaban J connectivity index is 1.76. The molecule has 0 fully saturated rings. The lowest BCUT2D eigenvalue weighted by atomic mass is 9.98. The van der Waals surface area contributed by atoms with Crippen LogP contribution in [0.3, 0.4) is 0 Å². The van der Waals surface area contributed by atoms with Crippen molar-refractivity contribution in [3.8, 4) is 11.5 Å². The second kappa shape index (κ2) is 8.81. The van der Waals surface area contributed by atoms with Gasteiger partial charge in [0.05, 0.1) is 14.2 Å². The lowest BCUT2D eigenvalue weighted by Gasteiger charge is -2.13. The molecule has 1 aliphatic rings. The molecule has 3 aromatic rings. The predicted octanol–water partition coefficient (Wildman–Crippen LogP) is 4.78. The van der Waals surface area contributed by atoms with Crippen LogP contribution in [0.1, 0.15) is 22.3 Å². The summed E-state index contributed by atoms with van der Waals surface area (Å²) in [6.07, 6.45) is 0. The number of hydrazine groups is 1. The van der Waals surface area contributed by atoms with E-state index in [0.717, 1.165) is 28.0 Å². The van der Waals surface area contributed by atoms with Crippen LogP contribution in [0.15, 0.2) is 71.8 Å². The third kappa shape index (κ3) is 4.15. The van der Waals surface area contributed by atoms with E-state index in [9.17, 15) is 0 Å². The van der Waals surface area contributed by atoms with E-state index in [4.69, 9.17) is 38.6 Å². The summed E-state index contributed by atoms with van der Waals surface area (Å²) >= 11 is 11.8. The van der Waals surface area contributed by atoms with Crippen molar-refractivity contribution in [3.05, 3.63) is 94.0 Å². The standard InChI is InChI=1S/C23H21ClN3O2S/c1-28-21-12-7-16(13-22(21)29-2)14-26-25-23(17-8-10-19(24)11-9-17)20-6-4-3-5-18(20)15-27(26)30/h3-13H,14-15H2,1-2H3/q+1. The van der Waals surface area contributed by atoms with Gasteiger partial charge < -0.3 is 9.47 Å². The molecular formula is C23H21ClN3O2S+. The largest absolute Gasteiger partial charge is 0.493 e. The van der Waals surface area contributed by atoms with E-state index >= 15 is 0 Å². The minimum absolute atomic E-state index is 0.495. The molecular weight excluding hydrogens is 418 g/mol. The summed E-state index contributed by atoms with van der Waals surface area (Å²) in [4.78, 5) is 0. The summed E-state index contributed by atoms with van der Waals surface area (Å²) in [5.41, 5.74) is 5.03. The number of halogens is 1. The van der Waals surface area contributed by atoms with Gasteiger partial charge in [-0.1, -0.05) is 46.0 Å². The summed E-state index contributed by atoms with van der Waals surface area (Å²) in [6, 6.07) is 21.7. The van der Waals surface area contributed by atoms with Crippen LogP contribution in [0.4, 0.5) is 0 Å². The van der Waals surface area contributed by atoms with Crippen molar-refractivity contribution < 1.29 is 13.5 Å². The van der Waals surface area contributed by atoms with Gasteiger partial charge in [-0.15, -0.1) is 0 Å². The highest BCUT2D eigenvalue weighted by Crippen LogP contribution is 2.29. The Morgan fingerprint density at radius 1 is 1.00 bits per heavy atom. The second-order valence-electron chi connectivity index (χ2n) is 6.84. The van der Waals surface area contributed by atoms with E-state index in [1.165, 1.54) is 0 Å². The molecule has 1 aliphatic heterocycles. The highest BCUT2D eigenvalue weighted by Gasteiger charge is 2.28. The Morgan fingerprint density at radius 3 is 2.47 bits per heavy atom. The first-order chi connectivity index (χ1) is 14.6. The number of benzene rings is 3. The van der Waals surface area contributed by atoms with E-state index in [2.05, 4.69) is 12.1 Å². The van der Waals surface area contributed by atoms with Crippen molar-refractivity contribution >= 4 is 29.7 Å². The van der Waals surface area contributed by atoms with Gasteiger partial charge in [0.2, 0.25) is 5.71 Å². The van der Waals surface area contributed by atoms with Gasteiger partial charge in [-0.25, -0.2) is 0 Å². The van der Waals surface area contributed by atoms with Crippen LogP contribution in [-0.4, -0.2) is 29.1 Å². The van der Waals surface area contributed by atoms with Crippen LogP contribution in [0, 0.1) is 0 Å². The fourth-order valence-corrected chi connectivity index (χ4v) is 3.77. The van der Waals surface area contributed by atoms with Gasteiger partial charge in [0, 0.05) is 26.8 Å². The summed E-state index contributed by atoms with van der Waals surface area (Å²) < 4.78 is 12.5. The maximum Gasteiger partial charge on any atom is 0.215 e. The Kier molecular flexibility index (Phi) is 5.97. The number of methoxy groups -OCH3 is 2. The number of rotatable bonds is 5. The first-order valence-corrected chi connectivity index (χ1v) is 10.2. The van der Waals surface area contributed by atoms with Crippen LogP contribution in [0.5, 0.6) is 11.5 Å². The lowest BCUT2D eigenvalue weighted by molar-refractivity contribution is -0.684. The second-order valence-corrected chi connectivity index (χ2v) is 7.70. The summed E-state index contributed by atoms with van der Waals surface area (Å²) in [7, 11) is 3.25. The van der Waals surface area contributed by atoms with E-state index in [-0.39, 0.29) is 0 Å². The fraction of sp³-hybridized carbons (Fsp3) is 0.174. The zero-order valence-corrected chi connectivity index (χ0v) is 18.3. The van der Waals surface area contributed by atoms with Gasteiger partial charge in [0.15, 0.2) is 30.5 Å². The van der Waals surface area contributed by atoms with Crippen molar-refractivity contribution in [1.82, 2.24) is 5.12 Å². The average molecular weight is 439 g/mol. The number of fused-ring (bicyclic) bond motifs is 1. The number of nitrogens with zero attached hydrogens (tertiary/aromatic N) is 3. The number of hydrazone groups is 1. The van der Waals surface area contributed by atoms with E-state index < -0.39 is 0 Å². The fourth-order valence-electron chi connectivity index (χ4n) is 3.41. The number of hydrogen-bond donors (Lipinski definition) is 0. The van der Waals surface area contributed by atoms with Crippen LogP contribution in [-0.2, 0) is 25.5 Å². The Labute approximate surface area is 186 Å². The third-order valence-electron chi connectivity index (χ3n) is 4.94. The minimum atomic E-state index is 0.495. The summed E-state index contributed by atoms with van der Waals surface area (Å²) in [5, 5.41) is 7.44. The van der Waals surface area contributed by atoms with Crippen LogP contribution < -0.4 is 9.47 Å². The van der Waals surface area contributed by atoms with E-state index in [1.54, 1.807) is 23.4 Å². The molecule has 1 heterocycles. The Hall–Kier alpha value is -2.96. The van der Waals surface area contributed by atoms with Crippen molar-refractivity contribution in [2.45, 2.75) is 13.1 Å². The molecule has 0 unspecified atom stereocenters. The maximum absolute atomic E-state index is 6.10. The maximum atomic E-state index is 6.10. The molecule has 7 heteroatoms. The molecule has 0 saturated carbocycles. The zero-order chi connectivity index (χ0) is 21.1. The average Bonchev–Trinajstić information content (AvgIpc) is 2.90. The normalized spacial score (nSPS) is 13.4. The predicted molar refractivity (Wildman–Crippen MR) is 120 cm³/mol. The summed E-state index contributed by atoms with van der Waals surface area (Å²) in [6.45, 7) is 1.06. The van der Waals surface area contributed by atoms with Gasteiger partial charge in [-0.05, 0) is 47.1 Å². The monoisotopic (exact) mass is 438 g/mol. The van der Waals surface area contributed by atoms with Gasteiger partial charge in [-0.3, -0.25) is 0 Å². The molecule has 0 spiro atoms. The topological polar surface area (TPSA) is 37.1 Å². The third-order valence-corrected chi connectivity index (χ3v) is 5.51. The Bertz CT molecular complexity index is 1120. The molecule has 0 saturated heterocycles. The van der Waals surface area contributed by atoms with Crippen molar-refractivity contribution in [2.24, 2.45) is 5.10 Å². The molecule has 3 aromatic carbocycles.